The SMILES string of the molecule is CCOc1ncc(-c2cccc3cc([C@H](C)Nc4ncnc5ccc(C#N)cc45)n(-c4ccccc4)c(=O)c23)cn1. The highest BCUT2D eigenvalue weighted by Gasteiger charge is 2.20. The molecule has 9 nitrogen and oxygen atoms in total. The van der Waals surface area contributed by atoms with E-state index in [1.54, 1.807) is 35.2 Å². The Kier molecular flexibility index (Phi) is 6.80. The van der Waals surface area contributed by atoms with Crippen molar-refractivity contribution in [3.8, 4) is 28.9 Å². The average Bonchev–Trinajstić information content (AvgIpc) is 3.01. The minimum absolute atomic E-state index is 0.166. The summed E-state index contributed by atoms with van der Waals surface area (Å²) in [5.41, 5.74) is 4.00. The number of benzene rings is 3. The Bertz CT molecular complexity index is 1980. The molecule has 0 radical (unpaired) electrons. The maximum absolute atomic E-state index is 14.4. The van der Waals surface area contributed by atoms with Gasteiger partial charge in [-0.25, -0.2) is 19.9 Å². The molecule has 0 saturated carbocycles. The van der Waals surface area contributed by atoms with E-state index in [4.69, 9.17) is 4.74 Å². The van der Waals surface area contributed by atoms with E-state index < -0.39 is 0 Å². The highest BCUT2D eigenvalue weighted by atomic mass is 16.5. The highest BCUT2D eigenvalue weighted by Crippen LogP contribution is 2.31. The topological polar surface area (TPSA) is 119 Å². The molecule has 0 bridgehead atoms. The smallest absolute Gasteiger partial charge is 0.316 e. The third-order valence-corrected chi connectivity index (χ3v) is 6.86. The van der Waals surface area contributed by atoms with Gasteiger partial charge in [-0.3, -0.25) is 9.36 Å². The molecule has 3 heterocycles. The Morgan fingerprint density at radius 1 is 0.976 bits per heavy atom. The maximum Gasteiger partial charge on any atom is 0.316 e. The van der Waals surface area contributed by atoms with E-state index in [9.17, 15) is 10.1 Å². The van der Waals surface area contributed by atoms with Crippen molar-refractivity contribution < 1.29 is 4.74 Å². The summed E-state index contributed by atoms with van der Waals surface area (Å²) in [4.78, 5) is 31.8. The molecule has 1 N–H and O–H groups in total. The lowest BCUT2D eigenvalue weighted by Gasteiger charge is -2.22. The van der Waals surface area contributed by atoms with Crippen LogP contribution in [0.25, 0.3) is 38.5 Å². The molecular weight excluding hydrogens is 514 g/mol. The maximum atomic E-state index is 14.4. The third kappa shape index (κ3) is 4.83. The quantitative estimate of drug-likeness (QED) is 0.269. The van der Waals surface area contributed by atoms with Crippen LogP contribution in [0.15, 0.2) is 96.3 Å². The van der Waals surface area contributed by atoms with E-state index in [-0.39, 0.29) is 11.6 Å². The van der Waals surface area contributed by atoms with Crippen molar-refractivity contribution in [2.45, 2.75) is 19.9 Å². The van der Waals surface area contributed by atoms with Crippen LogP contribution in [0.1, 0.15) is 31.1 Å². The molecule has 0 aliphatic rings. The van der Waals surface area contributed by atoms with Crippen molar-refractivity contribution >= 4 is 27.5 Å². The normalized spacial score (nSPS) is 11.7. The number of fused-ring (bicyclic) bond motifs is 2. The monoisotopic (exact) mass is 539 g/mol. The van der Waals surface area contributed by atoms with Crippen LogP contribution >= 0.6 is 0 Å². The first kappa shape index (κ1) is 25.6. The molecule has 0 spiro atoms. The fraction of sp³-hybridized carbons (Fsp3) is 0.125. The zero-order chi connectivity index (χ0) is 28.3. The number of rotatable bonds is 7. The van der Waals surface area contributed by atoms with Gasteiger partial charge in [0.1, 0.15) is 12.1 Å². The molecule has 0 unspecified atom stereocenters. The van der Waals surface area contributed by atoms with Crippen molar-refractivity contribution in [1.82, 2.24) is 24.5 Å². The molecule has 0 aliphatic heterocycles. The molecule has 1 atom stereocenters. The van der Waals surface area contributed by atoms with Gasteiger partial charge in [-0.1, -0.05) is 36.4 Å². The summed E-state index contributed by atoms with van der Waals surface area (Å²) in [6.45, 7) is 4.32. The van der Waals surface area contributed by atoms with Crippen molar-refractivity contribution in [2.24, 2.45) is 0 Å². The Morgan fingerprint density at radius 2 is 1.78 bits per heavy atom. The van der Waals surface area contributed by atoms with Gasteiger partial charge in [-0.15, -0.1) is 0 Å². The summed E-state index contributed by atoms with van der Waals surface area (Å²) >= 11 is 0. The molecule has 200 valence electrons. The van der Waals surface area contributed by atoms with Gasteiger partial charge >= 0.3 is 6.01 Å². The largest absolute Gasteiger partial charge is 0.464 e. The molecule has 6 aromatic rings. The lowest BCUT2D eigenvalue weighted by Crippen LogP contribution is -2.26. The van der Waals surface area contributed by atoms with Gasteiger partial charge in [-0.2, -0.15) is 5.26 Å². The minimum atomic E-state index is -0.339. The summed E-state index contributed by atoms with van der Waals surface area (Å²) in [5.74, 6) is 0.576. The summed E-state index contributed by atoms with van der Waals surface area (Å²) in [6.07, 6.45) is 4.83. The van der Waals surface area contributed by atoms with Gasteiger partial charge in [0.2, 0.25) is 0 Å². The lowest BCUT2D eigenvalue weighted by atomic mass is 9.99. The molecule has 0 amide bonds. The third-order valence-electron chi connectivity index (χ3n) is 6.86. The van der Waals surface area contributed by atoms with Crippen molar-refractivity contribution in [3.05, 3.63) is 113 Å². The molecule has 0 saturated heterocycles. The molecule has 3 aromatic heterocycles. The molecule has 3 aromatic carbocycles. The minimum Gasteiger partial charge on any atom is -0.464 e. The number of nitrogens with one attached hydrogen (secondary N) is 1. The van der Waals surface area contributed by atoms with Crippen LogP contribution in [0, 0.1) is 11.3 Å². The number of ether oxygens (including phenoxy) is 1. The van der Waals surface area contributed by atoms with Crippen LogP contribution in [0.5, 0.6) is 6.01 Å². The van der Waals surface area contributed by atoms with Crippen LogP contribution in [-0.2, 0) is 0 Å². The van der Waals surface area contributed by atoms with Gasteiger partial charge < -0.3 is 10.1 Å². The Morgan fingerprint density at radius 3 is 2.54 bits per heavy atom. The highest BCUT2D eigenvalue weighted by molar-refractivity contribution is 5.96. The van der Waals surface area contributed by atoms with Gasteiger partial charge in [0.25, 0.3) is 5.56 Å². The van der Waals surface area contributed by atoms with Crippen LogP contribution < -0.4 is 15.6 Å². The van der Waals surface area contributed by atoms with E-state index in [2.05, 4.69) is 31.3 Å². The average molecular weight is 540 g/mol. The van der Waals surface area contributed by atoms with E-state index in [1.807, 2.05) is 68.4 Å². The first-order valence-electron chi connectivity index (χ1n) is 13.2. The number of pyridine rings is 1. The predicted molar refractivity (Wildman–Crippen MR) is 158 cm³/mol. The number of nitrogens with zero attached hydrogens (tertiary/aromatic N) is 6. The molecular formula is C32H25N7O2. The van der Waals surface area contributed by atoms with E-state index in [0.717, 1.165) is 38.8 Å². The van der Waals surface area contributed by atoms with E-state index in [1.165, 1.54) is 6.33 Å². The van der Waals surface area contributed by atoms with Crippen LogP contribution in [-0.4, -0.2) is 31.1 Å². The second-order valence-corrected chi connectivity index (χ2v) is 9.43. The first-order chi connectivity index (χ1) is 20.1. The Hall–Kier alpha value is -5.62. The van der Waals surface area contributed by atoms with Gasteiger partial charge in [-0.05, 0) is 61.2 Å². The number of hydrogen-bond donors (Lipinski definition) is 1. The molecule has 0 fully saturated rings. The Balaban J connectivity index is 1.52. The Labute approximate surface area is 235 Å². The van der Waals surface area contributed by atoms with Crippen LogP contribution in [0.3, 0.4) is 0 Å². The second kappa shape index (κ2) is 10.9. The molecule has 0 aliphatic carbocycles. The van der Waals surface area contributed by atoms with Crippen molar-refractivity contribution in [3.63, 3.8) is 0 Å². The molecule has 41 heavy (non-hydrogen) atoms. The predicted octanol–water partition coefficient (Wildman–Crippen LogP) is 5.83. The summed E-state index contributed by atoms with van der Waals surface area (Å²) in [7, 11) is 0. The van der Waals surface area contributed by atoms with Gasteiger partial charge in [0, 0.05) is 34.7 Å². The fourth-order valence-corrected chi connectivity index (χ4v) is 4.96. The van der Waals surface area contributed by atoms with Gasteiger partial charge in [0.05, 0.1) is 35.2 Å². The summed E-state index contributed by atoms with van der Waals surface area (Å²) < 4.78 is 7.12. The zero-order valence-corrected chi connectivity index (χ0v) is 22.4. The number of nitriles is 1. The standard InChI is InChI=1S/C32H25N7O2/c1-3-41-32-34-17-23(18-35-32)25-11-7-8-22-15-28(39(31(40)29(22)25)24-9-5-4-6-10-24)20(2)38-30-26-14-21(16-33)12-13-27(26)36-19-37-30/h4-15,17-20H,3H2,1-2H3,(H,36,37,38)/t20-/m0/s1. The van der Waals surface area contributed by atoms with Crippen molar-refractivity contribution in [1.29, 1.82) is 5.26 Å². The van der Waals surface area contributed by atoms with Gasteiger partial charge in [0.15, 0.2) is 0 Å². The van der Waals surface area contributed by atoms with Crippen molar-refractivity contribution in [2.75, 3.05) is 11.9 Å². The summed E-state index contributed by atoms with van der Waals surface area (Å²) in [5, 5.41) is 15.0. The number of hydrogen-bond acceptors (Lipinski definition) is 8. The number of anilines is 1. The van der Waals surface area contributed by atoms with E-state index >= 15 is 0 Å². The molecule has 6 rings (SSSR count). The number of para-hydroxylation sites is 1. The second-order valence-electron chi connectivity index (χ2n) is 9.43. The lowest BCUT2D eigenvalue weighted by molar-refractivity contribution is 0.312. The first-order valence-corrected chi connectivity index (χ1v) is 13.2. The number of aromatic nitrogens is 5. The molecule has 9 heteroatoms. The van der Waals surface area contributed by atoms with Crippen LogP contribution in [0.4, 0.5) is 5.82 Å². The zero-order valence-electron chi connectivity index (χ0n) is 22.4. The fourth-order valence-electron chi connectivity index (χ4n) is 4.96. The summed E-state index contributed by atoms with van der Waals surface area (Å²) in [6, 6.07) is 24.7. The van der Waals surface area contributed by atoms with Crippen LogP contribution in [0.2, 0.25) is 0 Å². The van der Waals surface area contributed by atoms with E-state index in [0.29, 0.717) is 29.4 Å².